The number of carbonyl (C=O) groups is 2. The van der Waals surface area contributed by atoms with Crippen LogP contribution in [0.25, 0.3) is 0 Å². The van der Waals surface area contributed by atoms with Gasteiger partial charge in [0, 0.05) is 42.5 Å². The predicted molar refractivity (Wildman–Crippen MR) is 87.0 cm³/mol. The van der Waals surface area contributed by atoms with Crippen molar-refractivity contribution >= 4 is 23.2 Å². The highest BCUT2D eigenvalue weighted by molar-refractivity contribution is 7.08. The standard InChI is InChI=1S/C16H23N3O2S/c20-15(19-13-3-4-14(19)10-17-8-5-13)2-1-7-18-16(21)12-6-9-22-11-12/h6,9,11,13-14,17H,1-5,7-8,10H2,(H,18,21). The Hall–Kier alpha value is -1.40. The van der Waals surface area contributed by atoms with Gasteiger partial charge in [0.2, 0.25) is 5.91 Å². The van der Waals surface area contributed by atoms with E-state index in [1.165, 1.54) is 11.3 Å². The Kier molecular flexibility index (Phi) is 5.10. The summed E-state index contributed by atoms with van der Waals surface area (Å²) in [5.41, 5.74) is 0.702. The van der Waals surface area contributed by atoms with Gasteiger partial charge in [0.15, 0.2) is 0 Å². The number of thiophene rings is 1. The molecule has 2 unspecified atom stereocenters. The van der Waals surface area contributed by atoms with Crippen molar-refractivity contribution in [3.8, 4) is 0 Å². The number of hydrogen-bond donors (Lipinski definition) is 2. The van der Waals surface area contributed by atoms with Crippen LogP contribution in [0.15, 0.2) is 16.8 Å². The normalized spacial score (nSPS) is 24.1. The second kappa shape index (κ2) is 7.24. The van der Waals surface area contributed by atoms with Crippen LogP contribution in [0.1, 0.15) is 42.5 Å². The maximum Gasteiger partial charge on any atom is 0.252 e. The summed E-state index contributed by atoms with van der Waals surface area (Å²) >= 11 is 1.51. The van der Waals surface area contributed by atoms with Gasteiger partial charge in [-0.2, -0.15) is 11.3 Å². The van der Waals surface area contributed by atoms with E-state index >= 15 is 0 Å². The Labute approximate surface area is 135 Å². The van der Waals surface area contributed by atoms with E-state index in [0.717, 1.165) is 32.4 Å². The van der Waals surface area contributed by atoms with Crippen LogP contribution in [0.3, 0.4) is 0 Å². The van der Waals surface area contributed by atoms with Crippen LogP contribution in [0, 0.1) is 0 Å². The van der Waals surface area contributed by atoms with Crippen LogP contribution >= 0.6 is 11.3 Å². The molecule has 2 saturated heterocycles. The predicted octanol–water partition coefficient (Wildman–Crippen LogP) is 1.61. The molecule has 2 atom stereocenters. The molecule has 2 aliphatic heterocycles. The fraction of sp³-hybridized carbons (Fsp3) is 0.625. The summed E-state index contributed by atoms with van der Waals surface area (Å²) in [7, 11) is 0. The molecule has 5 nitrogen and oxygen atoms in total. The van der Waals surface area contributed by atoms with Gasteiger partial charge in [0.1, 0.15) is 0 Å². The molecule has 0 aromatic carbocycles. The van der Waals surface area contributed by atoms with E-state index in [0.29, 0.717) is 37.0 Å². The van der Waals surface area contributed by atoms with Gasteiger partial charge in [-0.05, 0) is 43.7 Å². The van der Waals surface area contributed by atoms with Gasteiger partial charge in [0.25, 0.3) is 5.91 Å². The van der Waals surface area contributed by atoms with Crippen molar-refractivity contribution in [3.63, 3.8) is 0 Å². The average molecular weight is 321 g/mol. The topological polar surface area (TPSA) is 61.4 Å². The third kappa shape index (κ3) is 3.50. The van der Waals surface area contributed by atoms with Crippen molar-refractivity contribution in [3.05, 3.63) is 22.4 Å². The molecule has 2 aliphatic rings. The Morgan fingerprint density at radius 1 is 1.32 bits per heavy atom. The fourth-order valence-electron chi connectivity index (χ4n) is 3.46. The van der Waals surface area contributed by atoms with Crippen molar-refractivity contribution in [2.24, 2.45) is 0 Å². The lowest BCUT2D eigenvalue weighted by Gasteiger charge is -2.28. The third-order valence-corrected chi connectivity index (χ3v) is 5.26. The first-order chi connectivity index (χ1) is 10.8. The molecule has 2 N–H and O–H groups in total. The molecule has 0 saturated carbocycles. The van der Waals surface area contributed by atoms with Crippen molar-refractivity contribution in [1.82, 2.24) is 15.5 Å². The van der Waals surface area contributed by atoms with Crippen LogP contribution < -0.4 is 10.6 Å². The van der Waals surface area contributed by atoms with Gasteiger partial charge < -0.3 is 15.5 Å². The SMILES string of the molecule is O=C(NCCCC(=O)N1C2CCNCC1CC2)c1ccsc1. The van der Waals surface area contributed by atoms with Gasteiger partial charge >= 0.3 is 0 Å². The zero-order valence-corrected chi connectivity index (χ0v) is 13.5. The van der Waals surface area contributed by atoms with Crippen molar-refractivity contribution in [2.45, 2.75) is 44.2 Å². The number of rotatable bonds is 5. The second-order valence-electron chi connectivity index (χ2n) is 6.05. The zero-order valence-electron chi connectivity index (χ0n) is 12.7. The number of nitrogens with one attached hydrogen (secondary N) is 2. The first-order valence-corrected chi connectivity index (χ1v) is 9.02. The van der Waals surface area contributed by atoms with Gasteiger partial charge in [-0.3, -0.25) is 9.59 Å². The molecule has 2 amide bonds. The third-order valence-electron chi connectivity index (χ3n) is 4.58. The number of carbonyl (C=O) groups excluding carboxylic acids is 2. The molecule has 1 aromatic heterocycles. The van der Waals surface area contributed by atoms with Crippen molar-refractivity contribution < 1.29 is 9.59 Å². The summed E-state index contributed by atoms with van der Waals surface area (Å²) in [4.78, 5) is 26.4. The summed E-state index contributed by atoms with van der Waals surface area (Å²) in [5.74, 6) is 0.203. The number of nitrogens with zero attached hydrogens (tertiary/aromatic N) is 1. The van der Waals surface area contributed by atoms with Crippen LogP contribution in [0.4, 0.5) is 0 Å². The van der Waals surface area contributed by atoms with E-state index in [2.05, 4.69) is 15.5 Å². The Bertz CT molecular complexity index is 503. The van der Waals surface area contributed by atoms with Gasteiger partial charge in [-0.25, -0.2) is 0 Å². The molecule has 120 valence electrons. The largest absolute Gasteiger partial charge is 0.352 e. The minimum Gasteiger partial charge on any atom is -0.352 e. The summed E-state index contributed by atoms with van der Waals surface area (Å²) in [5, 5.41) is 10.0. The molecule has 6 heteroatoms. The molecule has 2 bridgehead atoms. The van der Waals surface area contributed by atoms with Crippen molar-refractivity contribution in [2.75, 3.05) is 19.6 Å². The molecule has 0 spiro atoms. The Morgan fingerprint density at radius 2 is 2.18 bits per heavy atom. The Balaban J connectivity index is 1.42. The van der Waals surface area contributed by atoms with Crippen LogP contribution in [0.2, 0.25) is 0 Å². The molecular weight excluding hydrogens is 298 g/mol. The highest BCUT2D eigenvalue weighted by Gasteiger charge is 2.37. The minimum absolute atomic E-state index is 0.0484. The van der Waals surface area contributed by atoms with Gasteiger partial charge in [0.05, 0.1) is 0 Å². The van der Waals surface area contributed by atoms with E-state index in [9.17, 15) is 9.59 Å². The lowest BCUT2D eigenvalue weighted by molar-refractivity contribution is -0.133. The monoisotopic (exact) mass is 321 g/mol. The quantitative estimate of drug-likeness (QED) is 0.810. The van der Waals surface area contributed by atoms with Gasteiger partial charge in [-0.1, -0.05) is 0 Å². The highest BCUT2D eigenvalue weighted by atomic mass is 32.1. The molecule has 3 rings (SSSR count). The maximum atomic E-state index is 12.5. The van der Waals surface area contributed by atoms with Gasteiger partial charge in [-0.15, -0.1) is 0 Å². The minimum atomic E-state index is -0.0484. The second-order valence-corrected chi connectivity index (χ2v) is 6.83. The van der Waals surface area contributed by atoms with E-state index in [-0.39, 0.29) is 11.8 Å². The average Bonchev–Trinajstić information content (AvgIpc) is 3.10. The molecule has 22 heavy (non-hydrogen) atoms. The number of fused-ring (bicyclic) bond motifs is 2. The van der Waals surface area contributed by atoms with E-state index in [1.807, 2.05) is 16.8 Å². The van der Waals surface area contributed by atoms with Crippen LogP contribution in [0.5, 0.6) is 0 Å². The van der Waals surface area contributed by atoms with Crippen LogP contribution in [-0.4, -0.2) is 48.4 Å². The smallest absolute Gasteiger partial charge is 0.252 e. The first kappa shape index (κ1) is 15.5. The Morgan fingerprint density at radius 3 is 3.00 bits per heavy atom. The van der Waals surface area contributed by atoms with E-state index < -0.39 is 0 Å². The van der Waals surface area contributed by atoms with E-state index in [1.54, 1.807) is 0 Å². The maximum absolute atomic E-state index is 12.5. The van der Waals surface area contributed by atoms with E-state index in [4.69, 9.17) is 0 Å². The van der Waals surface area contributed by atoms with Crippen LogP contribution in [-0.2, 0) is 4.79 Å². The fourth-order valence-corrected chi connectivity index (χ4v) is 4.09. The molecule has 0 radical (unpaired) electrons. The molecule has 3 heterocycles. The zero-order chi connectivity index (χ0) is 15.4. The molecule has 0 aliphatic carbocycles. The number of amides is 2. The lowest BCUT2D eigenvalue weighted by Crippen LogP contribution is -2.42. The first-order valence-electron chi connectivity index (χ1n) is 8.08. The molecule has 1 aromatic rings. The molecular formula is C16H23N3O2S. The summed E-state index contributed by atoms with van der Waals surface area (Å²) < 4.78 is 0. The lowest BCUT2D eigenvalue weighted by atomic mass is 10.1. The van der Waals surface area contributed by atoms with Crippen molar-refractivity contribution in [1.29, 1.82) is 0 Å². The highest BCUT2D eigenvalue weighted by Crippen LogP contribution is 2.28. The summed E-state index contributed by atoms with van der Waals surface area (Å²) in [6.45, 7) is 2.50. The number of hydrogen-bond acceptors (Lipinski definition) is 4. The summed E-state index contributed by atoms with van der Waals surface area (Å²) in [6.07, 6.45) is 4.57. The molecule has 2 fully saturated rings. The summed E-state index contributed by atoms with van der Waals surface area (Å²) in [6, 6.07) is 2.61.